The van der Waals surface area contributed by atoms with Gasteiger partial charge in [0.05, 0.1) is 6.61 Å². The highest BCUT2D eigenvalue weighted by molar-refractivity contribution is 5.84. The second-order valence-electron chi connectivity index (χ2n) is 4.76. The van der Waals surface area contributed by atoms with Crippen LogP contribution in [0.5, 0.6) is 0 Å². The third-order valence-corrected chi connectivity index (χ3v) is 2.61. The summed E-state index contributed by atoms with van der Waals surface area (Å²) in [6.07, 6.45) is 1.74. The first-order chi connectivity index (χ1) is 8.56. The Morgan fingerprint density at radius 1 is 1.50 bits per heavy atom. The molecule has 1 rings (SSSR count). The number of nitrogens with zero attached hydrogens (tertiary/aromatic N) is 2. The zero-order chi connectivity index (χ0) is 13.5. The molecule has 1 unspecified atom stereocenters. The average molecular weight is 254 g/mol. The van der Waals surface area contributed by atoms with Crippen molar-refractivity contribution in [3.8, 4) is 0 Å². The molecule has 0 radical (unpaired) electrons. The summed E-state index contributed by atoms with van der Waals surface area (Å²) in [6.45, 7) is 6.99. The van der Waals surface area contributed by atoms with Crippen molar-refractivity contribution in [1.29, 1.82) is 0 Å². The van der Waals surface area contributed by atoms with Crippen molar-refractivity contribution in [2.75, 3.05) is 13.2 Å². The van der Waals surface area contributed by atoms with Crippen molar-refractivity contribution < 1.29 is 9.53 Å². The summed E-state index contributed by atoms with van der Waals surface area (Å²) in [6, 6.07) is 0. The summed E-state index contributed by atoms with van der Waals surface area (Å²) in [5.41, 5.74) is 5.73. The van der Waals surface area contributed by atoms with Gasteiger partial charge >= 0.3 is 5.97 Å². The quantitative estimate of drug-likeness (QED) is 0.712. The largest absolute Gasteiger partial charge is 0.460 e. The Balaban J connectivity index is 2.59. The molecular formula is C12H22N4O2. The van der Waals surface area contributed by atoms with Crippen LogP contribution in [0.4, 0.5) is 0 Å². The first kappa shape index (κ1) is 14.6. The minimum Gasteiger partial charge on any atom is -0.460 e. The van der Waals surface area contributed by atoms with Gasteiger partial charge in [0.1, 0.15) is 5.82 Å². The van der Waals surface area contributed by atoms with Crippen LogP contribution in [0.2, 0.25) is 0 Å². The van der Waals surface area contributed by atoms with Crippen LogP contribution >= 0.6 is 0 Å². The number of esters is 1. The molecule has 1 aromatic heterocycles. The van der Waals surface area contributed by atoms with Crippen LogP contribution < -0.4 is 5.73 Å². The summed E-state index contributed by atoms with van der Waals surface area (Å²) in [4.78, 5) is 15.5. The zero-order valence-electron chi connectivity index (χ0n) is 11.3. The van der Waals surface area contributed by atoms with E-state index in [1.807, 2.05) is 0 Å². The maximum absolute atomic E-state index is 11.4. The monoisotopic (exact) mass is 254 g/mol. The first-order valence-corrected chi connectivity index (χ1v) is 6.35. The lowest BCUT2D eigenvalue weighted by molar-refractivity contribution is 0.0512. The maximum atomic E-state index is 11.4. The van der Waals surface area contributed by atoms with Gasteiger partial charge in [0.25, 0.3) is 5.82 Å². The molecule has 0 saturated carbocycles. The van der Waals surface area contributed by atoms with Gasteiger partial charge in [-0.25, -0.2) is 9.78 Å². The number of hydrogen-bond acceptors (Lipinski definition) is 5. The Morgan fingerprint density at radius 3 is 2.78 bits per heavy atom. The standard InChI is InChI=1S/C12H22N4O2/c1-4-18-12(17)11-14-10(15-16-11)6-9(7-13)5-8(2)3/h8-9H,4-7,13H2,1-3H3,(H,14,15,16). The van der Waals surface area contributed by atoms with Gasteiger partial charge in [-0.05, 0) is 31.7 Å². The molecule has 6 heteroatoms. The van der Waals surface area contributed by atoms with Gasteiger partial charge in [-0.2, -0.15) is 0 Å². The molecule has 0 spiro atoms. The zero-order valence-corrected chi connectivity index (χ0v) is 11.3. The minimum absolute atomic E-state index is 0.0900. The second kappa shape index (κ2) is 7.10. The summed E-state index contributed by atoms with van der Waals surface area (Å²) in [5, 5.41) is 6.62. The lowest BCUT2D eigenvalue weighted by Crippen LogP contribution is -2.19. The van der Waals surface area contributed by atoms with E-state index >= 15 is 0 Å². The molecule has 0 saturated heterocycles. The Bertz CT molecular complexity index is 376. The van der Waals surface area contributed by atoms with Crippen molar-refractivity contribution in [1.82, 2.24) is 15.2 Å². The first-order valence-electron chi connectivity index (χ1n) is 6.35. The van der Waals surface area contributed by atoms with Crippen LogP contribution in [0.25, 0.3) is 0 Å². The molecule has 0 aromatic carbocycles. The van der Waals surface area contributed by atoms with Gasteiger partial charge in [-0.1, -0.05) is 13.8 Å². The lowest BCUT2D eigenvalue weighted by Gasteiger charge is -2.14. The van der Waals surface area contributed by atoms with Crippen molar-refractivity contribution in [2.24, 2.45) is 17.6 Å². The number of aromatic nitrogens is 3. The van der Waals surface area contributed by atoms with Crippen molar-refractivity contribution in [2.45, 2.75) is 33.6 Å². The molecule has 1 atom stereocenters. The molecule has 3 N–H and O–H groups in total. The van der Waals surface area contributed by atoms with Gasteiger partial charge in [-0.15, -0.1) is 5.10 Å². The van der Waals surface area contributed by atoms with Crippen molar-refractivity contribution in [3.63, 3.8) is 0 Å². The van der Waals surface area contributed by atoms with Crippen LogP contribution in [0.1, 0.15) is 43.6 Å². The van der Waals surface area contributed by atoms with Gasteiger partial charge in [-0.3, -0.25) is 5.10 Å². The fourth-order valence-electron chi connectivity index (χ4n) is 1.88. The molecule has 1 aromatic rings. The van der Waals surface area contributed by atoms with Crippen LogP contribution in [0, 0.1) is 11.8 Å². The van der Waals surface area contributed by atoms with E-state index < -0.39 is 5.97 Å². The Hall–Kier alpha value is -1.43. The molecule has 102 valence electrons. The van der Waals surface area contributed by atoms with E-state index in [2.05, 4.69) is 29.0 Å². The molecule has 0 amide bonds. The van der Waals surface area contributed by atoms with E-state index in [1.165, 1.54) is 0 Å². The second-order valence-corrected chi connectivity index (χ2v) is 4.76. The van der Waals surface area contributed by atoms with E-state index in [1.54, 1.807) is 6.92 Å². The molecule has 1 heterocycles. The van der Waals surface area contributed by atoms with Crippen LogP contribution in [-0.4, -0.2) is 34.3 Å². The number of carbonyl (C=O) groups excluding carboxylic acids is 1. The fourth-order valence-corrected chi connectivity index (χ4v) is 1.88. The average Bonchev–Trinajstić information content (AvgIpc) is 2.76. The maximum Gasteiger partial charge on any atom is 0.378 e. The highest BCUT2D eigenvalue weighted by Crippen LogP contribution is 2.14. The van der Waals surface area contributed by atoms with Crippen LogP contribution in [0.15, 0.2) is 0 Å². The van der Waals surface area contributed by atoms with E-state index in [0.29, 0.717) is 37.2 Å². The van der Waals surface area contributed by atoms with Crippen molar-refractivity contribution >= 4 is 5.97 Å². The fraction of sp³-hybridized carbons (Fsp3) is 0.750. The number of carbonyl (C=O) groups is 1. The Morgan fingerprint density at radius 2 is 2.22 bits per heavy atom. The molecule has 0 aliphatic carbocycles. The molecule has 6 nitrogen and oxygen atoms in total. The molecule has 18 heavy (non-hydrogen) atoms. The van der Waals surface area contributed by atoms with Gasteiger partial charge in [0.2, 0.25) is 0 Å². The number of hydrogen-bond donors (Lipinski definition) is 2. The van der Waals surface area contributed by atoms with Crippen LogP contribution in [-0.2, 0) is 11.2 Å². The number of nitrogens with two attached hydrogens (primary N) is 1. The predicted molar refractivity (Wildman–Crippen MR) is 68.0 cm³/mol. The number of H-pyrrole nitrogens is 1. The lowest BCUT2D eigenvalue weighted by atomic mass is 9.94. The summed E-state index contributed by atoms with van der Waals surface area (Å²) < 4.78 is 4.83. The van der Waals surface area contributed by atoms with E-state index in [4.69, 9.17) is 10.5 Å². The minimum atomic E-state index is -0.492. The molecule has 0 fully saturated rings. The number of aromatic amines is 1. The van der Waals surface area contributed by atoms with E-state index in [9.17, 15) is 4.79 Å². The number of ether oxygens (including phenoxy) is 1. The normalized spacial score (nSPS) is 12.7. The molecule has 0 aliphatic rings. The highest BCUT2D eigenvalue weighted by atomic mass is 16.5. The Labute approximate surface area is 107 Å². The van der Waals surface area contributed by atoms with E-state index in [-0.39, 0.29) is 5.82 Å². The third-order valence-electron chi connectivity index (χ3n) is 2.61. The smallest absolute Gasteiger partial charge is 0.378 e. The highest BCUT2D eigenvalue weighted by Gasteiger charge is 2.16. The van der Waals surface area contributed by atoms with Gasteiger partial charge in [0.15, 0.2) is 0 Å². The number of rotatable bonds is 7. The SMILES string of the molecule is CCOC(=O)c1n[nH]c(CC(CN)CC(C)C)n1. The topological polar surface area (TPSA) is 93.9 Å². The number of nitrogens with one attached hydrogen (secondary N) is 1. The molecular weight excluding hydrogens is 232 g/mol. The van der Waals surface area contributed by atoms with Gasteiger partial charge in [0, 0.05) is 6.42 Å². The summed E-state index contributed by atoms with van der Waals surface area (Å²) in [7, 11) is 0. The van der Waals surface area contributed by atoms with Crippen LogP contribution in [0.3, 0.4) is 0 Å². The molecule has 0 bridgehead atoms. The molecule has 0 aliphatic heterocycles. The predicted octanol–water partition coefficient (Wildman–Crippen LogP) is 1.14. The summed E-state index contributed by atoms with van der Waals surface area (Å²) in [5.74, 6) is 1.23. The Kier molecular flexibility index (Phi) is 5.77. The third kappa shape index (κ3) is 4.44. The summed E-state index contributed by atoms with van der Waals surface area (Å²) >= 11 is 0. The van der Waals surface area contributed by atoms with Gasteiger partial charge < -0.3 is 10.5 Å². The van der Waals surface area contributed by atoms with E-state index in [0.717, 1.165) is 6.42 Å². The van der Waals surface area contributed by atoms with Crippen molar-refractivity contribution in [3.05, 3.63) is 11.6 Å².